The Morgan fingerprint density at radius 1 is 1.43 bits per heavy atom. The molecule has 1 saturated heterocycles. The molecule has 1 aromatic rings. The van der Waals surface area contributed by atoms with Crippen molar-refractivity contribution in [3.8, 4) is 5.75 Å². The number of aliphatic hydroxyl groups excluding tert-OH is 1. The van der Waals surface area contributed by atoms with Crippen molar-refractivity contribution in [3.05, 3.63) is 29.8 Å². The number of halogens is 3. The molecule has 7 heteroatoms. The minimum Gasteiger partial charge on any atom is -0.491 e. The van der Waals surface area contributed by atoms with E-state index in [4.69, 9.17) is 9.47 Å². The Morgan fingerprint density at radius 3 is 2.87 bits per heavy atom. The van der Waals surface area contributed by atoms with Gasteiger partial charge in [0.25, 0.3) is 0 Å². The summed E-state index contributed by atoms with van der Waals surface area (Å²) in [6.45, 7) is 1.82. The van der Waals surface area contributed by atoms with Gasteiger partial charge in [0.05, 0.1) is 11.7 Å². The van der Waals surface area contributed by atoms with Gasteiger partial charge in [-0.3, -0.25) is 0 Å². The molecule has 0 aromatic heterocycles. The highest BCUT2D eigenvalue weighted by molar-refractivity contribution is 5.30. The van der Waals surface area contributed by atoms with E-state index >= 15 is 0 Å². The van der Waals surface area contributed by atoms with E-state index in [2.05, 4.69) is 0 Å². The molecule has 0 saturated carbocycles. The molecule has 1 aromatic carbocycles. The standard InChI is InChI=1S/C16H22F3NO3/c1-20(10-15-6-3-7-22-15)9-13(21)11-23-14-5-2-4-12(8-14)16(17,18)19/h2,4-5,8,13,15,21H,3,6-7,9-11H2,1H3. The van der Waals surface area contributed by atoms with Gasteiger partial charge in [-0.05, 0) is 38.1 Å². The fourth-order valence-electron chi connectivity index (χ4n) is 2.58. The summed E-state index contributed by atoms with van der Waals surface area (Å²) in [5, 5.41) is 9.95. The third-order valence-electron chi connectivity index (χ3n) is 3.67. The topological polar surface area (TPSA) is 41.9 Å². The first kappa shape index (κ1) is 18.0. The Hall–Kier alpha value is -1.31. The van der Waals surface area contributed by atoms with Crippen LogP contribution in [-0.4, -0.2) is 55.6 Å². The molecule has 2 unspecified atom stereocenters. The first-order chi connectivity index (χ1) is 10.8. The predicted molar refractivity (Wildman–Crippen MR) is 79.4 cm³/mol. The summed E-state index contributed by atoms with van der Waals surface area (Å²) in [5.41, 5.74) is -0.764. The molecule has 2 atom stereocenters. The van der Waals surface area contributed by atoms with Crippen molar-refractivity contribution in [1.29, 1.82) is 0 Å². The van der Waals surface area contributed by atoms with Crippen molar-refractivity contribution >= 4 is 0 Å². The van der Waals surface area contributed by atoms with E-state index in [-0.39, 0.29) is 18.5 Å². The Kier molecular flexibility index (Phi) is 6.26. The highest BCUT2D eigenvalue weighted by Crippen LogP contribution is 2.31. The normalized spacial score (nSPS) is 20.0. The Labute approximate surface area is 133 Å². The Balaban J connectivity index is 1.76. The summed E-state index contributed by atoms with van der Waals surface area (Å²) in [6, 6.07) is 4.65. The summed E-state index contributed by atoms with van der Waals surface area (Å²) in [6.07, 6.45) is -2.92. The summed E-state index contributed by atoms with van der Waals surface area (Å²) < 4.78 is 48.6. The zero-order valence-corrected chi connectivity index (χ0v) is 13.1. The molecule has 1 aliphatic rings. The number of rotatable bonds is 7. The largest absolute Gasteiger partial charge is 0.491 e. The smallest absolute Gasteiger partial charge is 0.416 e. The molecule has 0 spiro atoms. The first-order valence-corrected chi connectivity index (χ1v) is 7.63. The maximum atomic E-state index is 12.6. The number of hydrogen-bond donors (Lipinski definition) is 1. The lowest BCUT2D eigenvalue weighted by Crippen LogP contribution is -2.37. The van der Waals surface area contributed by atoms with Crippen LogP contribution in [0.15, 0.2) is 24.3 Å². The van der Waals surface area contributed by atoms with Crippen LogP contribution in [0.3, 0.4) is 0 Å². The molecule has 0 radical (unpaired) electrons. The average Bonchev–Trinajstić information content (AvgIpc) is 2.97. The minimum absolute atomic E-state index is 0.0584. The van der Waals surface area contributed by atoms with E-state index in [1.807, 2.05) is 11.9 Å². The van der Waals surface area contributed by atoms with Crippen molar-refractivity contribution in [1.82, 2.24) is 4.90 Å². The number of nitrogens with zero attached hydrogens (tertiary/aromatic N) is 1. The molecule has 1 heterocycles. The Bertz CT molecular complexity index is 490. The zero-order chi connectivity index (χ0) is 16.9. The number of benzene rings is 1. The van der Waals surface area contributed by atoms with Crippen LogP contribution in [0.2, 0.25) is 0 Å². The van der Waals surface area contributed by atoms with Gasteiger partial charge in [0, 0.05) is 19.7 Å². The lowest BCUT2D eigenvalue weighted by atomic mass is 10.2. The SMILES string of the molecule is CN(CC(O)COc1cccc(C(F)(F)F)c1)CC1CCCO1. The second-order valence-corrected chi connectivity index (χ2v) is 5.85. The van der Waals surface area contributed by atoms with Gasteiger partial charge in [0.2, 0.25) is 0 Å². The molecule has 0 amide bonds. The van der Waals surface area contributed by atoms with Crippen LogP contribution in [0.5, 0.6) is 5.75 Å². The van der Waals surface area contributed by atoms with E-state index in [0.29, 0.717) is 6.54 Å². The second-order valence-electron chi connectivity index (χ2n) is 5.85. The van der Waals surface area contributed by atoms with Gasteiger partial charge in [0.1, 0.15) is 18.5 Å². The quantitative estimate of drug-likeness (QED) is 0.833. The third-order valence-corrected chi connectivity index (χ3v) is 3.67. The van der Waals surface area contributed by atoms with Crippen LogP contribution < -0.4 is 4.74 Å². The van der Waals surface area contributed by atoms with Crippen LogP contribution in [0.25, 0.3) is 0 Å². The van der Waals surface area contributed by atoms with E-state index in [9.17, 15) is 18.3 Å². The van der Waals surface area contributed by atoms with E-state index in [1.165, 1.54) is 12.1 Å². The van der Waals surface area contributed by atoms with Gasteiger partial charge in [-0.1, -0.05) is 6.07 Å². The predicted octanol–water partition coefficient (Wildman–Crippen LogP) is 2.56. The molecular formula is C16H22F3NO3. The number of alkyl halides is 3. The molecule has 0 bridgehead atoms. The third kappa shape index (κ3) is 6.01. The van der Waals surface area contributed by atoms with Crippen LogP contribution in [0.4, 0.5) is 13.2 Å². The maximum Gasteiger partial charge on any atom is 0.416 e. The number of ether oxygens (including phenoxy) is 2. The van der Waals surface area contributed by atoms with Crippen molar-refractivity contribution in [2.75, 3.05) is 33.4 Å². The fraction of sp³-hybridized carbons (Fsp3) is 0.625. The van der Waals surface area contributed by atoms with Gasteiger partial charge in [-0.25, -0.2) is 0 Å². The molecule has 1 aliphatic heterocycles. The van der Waals surface area contributed by atoms with Gasteiger partial charge in [0.15, 0.2) is 0 Å². The van der Waals surface area contributed by atoms with E-state index in [1.54, 1.807) is 0 Å². The lowest BCUT2D eigenvalue weighted by molar-refractivity contribution is -0.137. The molecule has 4 nitrogen and oxygen atoms in total. The van der Waals surface area contributed by atoms with E-state index in [0.717, 1.165) is 38.1 Å². The van der Waals surface area contributed by atoms with Gasteiger partial charge >= 0.3 is 6.18 Å². The molecule has 1 N–H and O–H groups in total. The minimum atomic E-state index is -4.40. The zero-order valence-electron chi connectivity index (χ0n) is 13.1. The summed E-state index contributed by atoms with van der Waals surface area (Å²) in [5.74, 6) is 0.0978. The fourth-order valence-corrected chi connectivity index (χ4v) is 2.58. The van der Waals surface area contributed by atoms with Crippen molar-refractivity contribution in [2.24, 2.45) is 0 Å². The molecule has 0 aliphatic carbocycles. The van der Waals surface area contributed by atoms with Crippen molar-refractivity contribution in [3.63, 3.8) is 0 Å². The lowest BCUT2D eigenvalue weighted by Gasteiger charge is -2.23. The molecular weight excluding hydrogens is 311 g/mol. The highest BCUT2D eigenvalue weighted by atomic mass is 19.4. The van der Waals surface area contributed by atoms with Gasteiger partial charge < -0.3 is 19.5 Å². The Morgan fingerprint density at radius 2 is 2.22 bits per heavy atom. The average molecular weight is 333 g/mol. The number of hydrogen-bond acceptors (Lipinski definition) is 4. The summed E-state index contributed by atoms with van der Waals surface area (Å²) >= 11 is 0. The van der Waals surface area contributed by atoms with E-state index < -0.39 is 17.8 Å². The van der Waals surface area contributed by atoms with Crippen molar-refractivity contribution < 1.29 is 27.8 Å². The monoisotopic (exact) mass is 333 g/mol. The molecule has 23 heavy (non-hydrogen) atoms. The number of aliphatic hydroxyl groups is 1. The van der Waals surface area contributed by atoms with Crippen LogP contribution in [-0.2, 0) is 10.9 Å². The van der Waals surface area contributed by atoms with Crippen LogP contribution >= 0.6 is 0 Å². The first-order valence-electron chi connectivity index (χ1n) is 7.63. The molecule has 2 rings (SSSR count). The van der Waals surface area contributed by atoms with Gasteiger partial charge in [-0.2, -0.15) is 13.2 Å². The van der Waals surface area contributed by atoms with Crippen molar-refractivity contribution in [2.45, 2.75) is 31.2 Å². The second kappa shape index (κ2) is 7.99. The number of likely N-dealkylation sites (N-methyl/N-ethyl adjacent to an activating group) is 1. The van der Waals surface area contributed by atoms with Gasteiger partial charge in [-0.15, -0.1) is 0 Å². The molecule has 1 fully saturated rings. The summed E-state index contributed by atoms with van der Waals surface area (Å²) in [4.78, 5) is 1.94. The molecule has 130 valence electrons. The van der Waals surface area contributed by atoms with Crippen LogP contribution in [0, 0.1) is 0 Å². The highest BCUT2D eigenvalue weighted by Gasteiger charge is 2.30. The summed E-state index contributed by atoms with van der Waals surface area (Å²) in [7, 11) is 1.87. The maximum absolute atomic E-state index is 12.6. The van der Waals surface area contributed by atoms with Crippen LogP contribution in [0.1, 0.15) is 18.4 Å².